The van der Waals surface area contributed by atoms with Gasteiger partial charge in [-0.25, -0.2) is 4.79 Å². The number of aromatic nitrogens is 1. The van der Waals surface area contributed by atoms with E-state index < -0.39 is 5.97 Å². The summed E-state index contributed by atoms with van der Waals surface area (Å²) in [5, 5.41) is 0. The maximum Gasteiger partial charge on any atom is 0.338 e. The van der Waals surface area contributed by atoms with Crippen molar-refractivity contribution in [2.45, 2.75) is 13.8 Å². The van der Waals surface area contributed by atoms with E-state index in [2.05, 4.69) is 0 Å². The molecule has 2 N–H and O–H groups in total. The van der Waals surface area contributed by atoms with Crippen molar-refractivity contribution in [2.24, 2.45) is 7.05 Å². The Balaban J connectivity index is 2.02. The van der Waals surface area contributed by atoms with Crippen molar-refractivity contribution in [1.82, 2.24) is 4.57 Å². The number of aryl methyl sites for hydroxylation is 1. The van der Waals surface area contributed by atoms with Gasteiger partial charge in [0, 0.05) is 29.7 Å². The minimum absolute atomic E-state index is 0.208. The van der Waals surface area contributed by atoms with Crippen LogP contribution in [-0.4, -0.2) is 22.9 Å². The maximum absolute atomic E-state index is 12.1. The van der Waals surface area contributed by atoms with Gasteiger partial charge < -0.3 is 15.0 Å². The first-order valence-corrected chi connectivity index (χ1v) is 6.59. The lowest BCUT2D eigenvalue weighted by molar-refractivity contribution is 0.0474. The second-order valence-electron chi connectivity index (χ2n) is 4.97. The number of nitrogens with two attached hydrogens (primary N) is 1. The van der Waals surface area contributed by atoms with Gasteiger partial charge in [-0.15, -0.1) is 0 Å². The number of carbonyl (C=O) groups is 2. The van der Waals surface area contributed by atoms with Crippen LogP contribution >= 0.6 is 0 Å². The summed E-state index contributed by atoms with van der Waals surface area (Å²) >= 11 is 0. The Labute approximate surface area is 123 Å². The number of hydrogen-bond donors (Lipinski definition) is 1. The Morgan fingerprint density at radius 3 is 2.33 bits per heavy atom. The van der Waals surface area contributed by atoms with Gasteiger partial charge in [-0.05, 0) is 44.2 Å². The highest BCUT2D eigenvalue weighted by Gasteiger charge is 2.16. The van der Waals surface area contributed by atoms with E-state index in [4.69, 9.17) is 10.5 Å². The summed E-state index contributed by atoms with van der Waals surface area (Å²) in [5.74, 6) is -0.742. The van der Waals surface area contributed by atoms with Crippen LogP contribution in [0, 0.1) is 13.8 Å². The quantitative estimate of drug-likeness (QED) is 0.531. The largest absolute Gasteiger partial charge is 0.454 e. The van der Waals surface area contributed by atoms with Gasteiger partial charge in [0.05, 0.1) is 5.56 Å². The van der Waals surface area contributed by atoms with Crippen molar-refractivity contribution in [3.63, 3.8) is 0 Å². The van der Waals surface area contributed by atoms with E-state index in [9.17, 15) is 9.59 Å². The number of esters is 1. The van der Waals surface area contributed by atoms with E-state index in [1.165, 1.54) is 0 Å². The van der Waals surface area contributed by atoms with Crippen molar-refractivity contribution < 1.29 is 14.3 Å². The van der Waals surface area contributed by atoms with E-state index in [1.54, 1.807) is 30.3 Å². The van der Waals surface area contributed by atoms with Gasteiger partial charge in [0.15, 0.2) is 6.61 Å². The van der Waals surface area contributed by atoms with Crippen molar-refractivity contribution in [1.29, 1.82) is 0 Å². The van der Waals surface area contributed by atoms with Crippen molar-refractivity contribution >= 4 is 17.4 Å². The second-order valence-corrected chi connectivity index (χ2v) is 4.97. The first-order valence-electron chi connectivity index (χ1n) is 6.59. The number of rotatable bonds is 4. The Kier molecular flexibility index (Phi) is 4.12. The number of hydrogen-bond acceptors (Lipinski definition) is 4. The number of benzene rings is 1. The molecular formula is C16H18N2O3. The molecule has 1 heterocycles. The molecule has 5 heteroatoms. The summed E-state index contributed by atoms with van der Waals surface area (Å²) < 4.78 is 6.98. The number of Topliss-reactive ketones (excluding diaryl/α,β-unsaturated/α-hetero) is 1. The van der Waals surface area contributed by atoms with Gasteiger partial charge in [0.2, 0.25) is 5.78 Å². The molecule has 0 spiro atoms. The SMILES string of the molecule is Cc1cc(C(=O)COC(=O)c2ccc(N)cc2)c(C)n1C. The smallest absolute Gasteiger partial charge is 0.338 e. The fourth-order valence-electron chi connectivity index (χ4n) is 2.05. The molecule has 2 rings (SSSR count). The number of ketones is 1. The molecule has 0 amide bonds. The van der Waals surface area contributed by atoms with E-state index in [0.29, 0.717) is 16.8 Å². The topological polar surface area (TPSA) is 74.3 Å². The average molecular weight is 286 g/mol. The van der Waals surface area contributed by atoms with Crippen LogP contribution in [0.2, 0.25) is 0 Å². The average Bonchev–Trinajstić information content (AvgIpc) is 2.73. The molecule has 0 aliphatic heterocycles. The van der Waals surface area contributed by atoms with Gasteiger partial charge in [-0.2, -0.15) is 0 Å². The Morgan fingerprint density at radius 2 is 1.81 bits per heavy atom. The number of ether oxygens (including phenoxy) is 1. The number of carbonyl (C=O) groups excluding carboxylic acids is 2. The first-order chi connectivity index (χ1) is 9.90. The second kappa shape index (κ2) is 5.83. The van der Waals surface area contributed by atoms with E-state index >= 15 is 0 Å². The zero-order valence-corrected chi connectivity index (χ0v) is 12.3. The summed E-state index contributed by atoms with van der Waals surface area (Å²) in [7, 11) is 1.89. The van der Waals surface area contributed by atoms with Gasteiger partial charge >= 0.3 is 5.97 Å². The van der Waals surface area contributed by atoms with Crippen LogP contribution in [0.25, 0.3) is 0 Å². The van der Waals surface area contributed by atoms with Gasteiger partial charge in [0.1, 0.15) is 0 Å². The highest BCUT2D eigenvalue weighted by molar-refractivity contribution is 6.00. The van der Waals surface area contributed by atoms with E-state index in [1.807, 2.05) is 25.5 Å². The van der Waals surface area contributed by atoms with E-state index in [0.717, 1.165) is 11.4 Å². The van der Waals surface area contributed by atoms with Crippen LogP contribution in [-0.2, 0) is 11.8 Å². The maximum atomic E-state index is 12.1. The molecule has 2 aromatic rings. The van der Waals surface area contributed by atoms with Gasteiger partial charge in [-0.3, -0.25) is 4.79 Å². The van der Waals surface area contributed by atoms with Crippen molar-refractivity contribution in [2.75, 3.05) is 12.3 Å². The fourth-order valence-corrected chi connectivity index (χ4v) is 2.05. The lowest BCUT2D eigenvalue weighted by atomic mass is 10.1. The van der Waals surface area contributed by atoms with Crippen molar-refractivity contribution in [3.8, 4) is 0 Å². The normalized spacial score (nSPS) is 10.4. The molecular weight excluding hydrogens is 268 g/mol. The summed E-state index contributed by atoms with van der Waals surface area (Å²) in [5.41, 5.74) is 8.92. The molecule has 0 atom stereocenters. The minimum Gasteiger partial charge on any atom is -0.454 e. The highest BCUT2D eigenvalue weighted by atomic mass is 16.5. The molecule has 110 valence electrons. The molecule has 0 bridgehead atoms. The highest BCUT2D eigenvalue weighted by Crippen LogP contribution is 2.14. The molecule has 0 saturated heterocycles. The zero-order chi connectivity index (χ0) is 15.6. The first kappa shape index (κ1) is 14.8. The third-order valence-corrected chi connectivity index (χ3v) is 3.56. The molecule has 21 heavy (non-hydrogen) atoms. The lowest BCUT2D eigenvalue weighted by Gasteiger charge is -2.05. The monoisotopic (exact) mass is 286 g/mol. The van der Waals surface area contributed by atoms with Crippen LogP contribution in [0.1, 0.15) is 32.1 Å². The summed E-state index contributed by atoms with van der Waals surface area (Å²) in [6.07, 6.45) is 0. The fraction of sp³-hybridized carbons (Fsp3) is 0.250. The van der Waals surface area contributed by atoms with Gasteiger partial charge in [0.25, 0.3) is 0 Å². The molecule has 1 aromatic heterocycles. The molecule has 0 aliphatic rings. The van der Waals surface area contributed by atoms with E-state index in [-0.39, 0.29) is 12.4 Å². The summed E-state index contributed by atoms with van der Waals surface area (Å²) in [4.78, 5) is 23.9. The zero-order valence-electron chi connectivity index (χ0n) is 12.3. The van der Waals surface area contributed by atoms with Crippen LogP contribution in [0.5, 0.6) is 0 Å². The number of anilines is 1. The molecule has 0 saturated carbocycles. The Morgan fingerprint density at radius 1 is 1.19 bits per heavy atom. The summed E-state index contributed by atoms with van der Waals surface area (Å²) in [6, 6.07) is 8.17. The molecule has 0 radical (unpaired) electrons. The summed E-state index contributed by atoms with van der Waals surface area (Å²) in [6.45, 7) is 3.51. The molecule has 1 aromatic carbocycles. The Hall–Kier alpha value is -2.56. The van der Waals surface area contributed by atoms with Crippen LogP contribution in [0.4, 0.5) is 5.69 Å². The van der Waals surface area contributed by atoms with Crippen LogP contribution in [0.15, 0.2) is 30.3 Å². The minimum atomic E-state index is -0.534. The predicted molar refractivity (Wildman–Crippen MR) is 80.4 cm³/mol. The molecule has 0 unspecified atom stereocenters. The third kappa shape index (κ3) is 3.13. The molecule has 0 fully saturated rings. The number of nitrogens with zero attached hydrogens (tertiary/aromatic N) is 1. The predicted octanol–water partition coefficient (Wildman–Crippen LogP) is 2.26. The third-order valence-electron chi connectivity index (χ3n) is 3.56. The van der Waals surface area contributed by atoms with Gasteiger partial charge in [-0.1, -0.05) is 0 Å². The molecule has 5 nitrogen and oxygen atoms in total. The van der Waals surface area contributed by atoms with Crippen LogP contribution in [0.3, 0.4) is 0 Å². The number of nitrogen functional groups attached to an aromatic ring is 1. The van der Waals surface area contributed by atoms with Crippen LogP contribution < -0.4 is 5.73 Å². The standard InChI is InChI=1S/C16H18N2O3/c1-10-8-14(11(2)18(10)3)15(19)9-21-16(20)12-4-6-13(17)7-5-12/h4-8H,9,17H2,1-3H3. The van der Waals surface area contributed by atoms with Crippen molar-refractivity contribution in [3.05, 3.63) is 52.8 Å². The lowest BCUT2D eigenvalue weighted by Crippen LogP contribution is -2.15. The Bertz CT molecular complexity index is 684. The molecule has 0 aliphatic carbocycles.